The normalized spacial score (nSPS) is 17.6. The predicted octanol–water partition coefficient (Wildman–Crippen LogP) is 3.31. The molecule has 2 aromatic heterocycles. The molecule has 3 heterocycles. The summed E-state index contributed by atoms with van der Waals surface area (Å²) in [5.41, 5.74) is 2.12. The largest absolute Gasteiger partial charge is 0.481 e. The molecule has 6 heteroatoms. The molecule has 0 saturated carbocycles. The molecule has 2 aromatic rings. The molecule has 1 saturated heterocycles. The van der Waals surface area contributed by atoms with Crippen molar-refractivity contribution in [3.8, 4) is 5.88 Å². The van der Waals surface area contributed by atoms with E-state index in [2.05, 4.69) is 15.3 Å². The van der Waals surface area contributed by atoms with Crippen LogP contribution in [0.2, 0.25) is 0 Å². The fraction of sp³-hybridized carbons (Fsp3) is 0.421. The SMILES string of the molecule is COc1cc(CNC(=O)N2CCCCCC2c2ccncc2)ccn1. The molecular weight excluding hydrogens is 316 g/mol. The van der Waals surface area contributed by atoms with E-state index in [1.54, 1.807) is 25.7 Å². The number of methoxy groups -OCH3 is 1. The molecule has 0 radical (unpaired) electrons. The molecule has 132 valence electrons. The van der Waals surface area contributed by atoms with Crippen molar-refractivity contribution >= 4 is 6.03 Å². The van der Waals surface area contributed by atoms with E-state index in [0.29, 0.717) is 12.4 Å². The van der Waals surface area contributed by atoms with Crippen LogP contribution in [0.4, 0.5) is 4.79 Å². The van der Waals surface area contributed by atoms with Crippen LogP contribution in [0, 0.1) is 0 Å². The molecule has 2 amide bonds. The quantitative estimate of drug-likeness (QED) is 0.927. The molecule has 0 aliphatic carbocycles. The van der Waals surface area contributed by atoms with Gasteiger partial charge in [-0.05, 0) is 42.2 Å². The maximum atomic E-state index is 12.8. The molecule has 0 spiro atoms. The molecule has 1 fully saturated rings. The van der Waals surface area contributed by atoms with Gasteiger partial charge in [-0.3, -0.25) is 4.98 Å². The zero-order chi connectivity index (χ0) is 17.5. The molecule has 6 nitrogen and oxygen atoms in total. The van der Waals surface area contributed by atoms with Crippen molar-refractivity contribution in [3.05, 3.63) is 54.0 Å². The summed E-state index contributed by atoms with van der Waals surface area (Å²) in [6, 6.07) is 7.81. The Morgan fingerprint density at radius 1 is 1.24 bits per heavy atom. The summed E-state index contributed by atoms with van der Waals surface area (Å²) < 4.78 is 5.13. The van der Waals surface area contributed by atoms with Gasteiger partial charge in [0.15, 0.2) is 0 Å². The topological polar surface area (TPSA) is 67.3 Å². The van der Waals surface area contributed by atoms with Gasteiger partial charge in [-0.15, -0.1) is 0 Å². The predicted molar refractivity (Wildman–Crippen MR) is 95.2 cm³/mol. The second-order valence-electron chi connectivity index (χ2n) is 6.20. The maximum absolute atomic E-state index is 12.8. The van der Waals surface area contributed by atoms with Crippen molar-refractivity contribution < 1.29 is 9.53 Å². The third-order valence-corrected chi connectivity index (χ3v) is 4.56. The van der Waals surface area contributed by atoms with E-state index in [9.17, 15) is 4.79 Å². The van der Waals surface area contributed by atoms with Crippen LogP contribution in [0.25, 0.3) is 0 Å². The Labute approximate surface area is 148 Å². The first-order valence-corrected chi connectivity index (χ1v) is 8.71. The molecule has 0 aromatic carbocycles. The molecule has 1 N–H and O–H groups in total. The highest BCUT2D eigenvalue weighted by Gasteiger charge is 2.26. The highest BCUT2D eigenvalue weighted by Crippen LogP contribution is 2.29. The van der Waals surface area contributed by atoms with Crippen LogP contribution in [0.15, 0.2) is 42.9 Å². The van der Waals surface area contributed by atoms with Crippen LogP contribution in [0.3, 0.4) is 0 Å². The van der Waals surface area contributed by atoms with Crippen LogP contribution in [-0.2, 0) is 6.54 Å². The maximum Gasteiger partial charge on any atom is 0.318 e. The number of urea groups is 1. The zero-order valence-corrected chi connectivity index (χ0v) is 14.5. The van der Waals surface area contributed by atoms with Crippen molar-refractivity contribution in [2.24, 2.45) is 0 Å². The summed E-state index contributed by atoms with van der Waals surface area (Å²) in [6.45, 7) is 1.23. The van der Waals surface area contributed by atoms with Crippen LogP contribution >= 0.6 is 0 Å². The number of hydrogen-bond acceptors (Lipinski definition) is 4. The Kier molecular flexibility index (Phi) is 5.82. The first kappa shape index (κ1) is 17.2. The fourth-order valence-corrected chi connectivity index (χ4v) is 3.23. The standard InChI is InChI=1S/C19H24N4O2/c1-25-18-13-15(6-11-21-18)14-22-19(24)23-12-4-2-3-5-17(23)16-7-9-20-10-8-16/h6-11,13,17H,2-5,12,14H2,1H3,(H,22,24). The van der Waals surface area contributed by atoms with Crippen LogP contribution in [0.1, 0.15) is 42.9 Å². The van der Waals surface area contributed by atoms with Gasteiger partial charge in [0.1, 0.15) is 0 Å². The van der Waals surface area contributed by atoms with Crippen molar-refractivity contribution in [2.75, 3.05) is 13.7 Å². The van der Waals surface area contributed by atoms with Crippen molar-refractivity contribution in [1.82, 2.24) is 20.2 Å². The number of amides is 2. The number of nitrogens with zero attached hydrogens (tertiary/aromatic N) is 3. The summed E-state index contributed by atoms with van der Waals surface area (Å²) in [5.74, 6) is 0.552. The Bertz CT molecular complexity index is 693. The molecule has 0 bridgehead atoms. The van der Waals surface area contributed by atoms with Gasteiger partial charge in [0, 0.05) is 37.7 Å². The smallest absolute Gasteiger partial charge is 0.318 e. The number of aromatic nitrogens is 2. The van der Waals surface area contributed by atoms with Gasteiger partial charge in [0.2, 0.25) is 5.88 Å². The molecule has 3 rings (SSSR count). The minimum Gasteiger partial charge on any atom is -0.481 e. The summed E-state index contributed by atoms with van der Waals surface area (Å²) in [6.07, 6.45) is 9.59. The summed E-state index contributed by atoms with van der Waals surface area (Å²) in [7, 11) is 1.58. The second kappa shape index (κ2) is 8.46. The molecule has 25 heavy (non-hydrogen) atoms. The van der Waals surface area contributed by atoms with Gasteiger partial charge in [0.25, 0.3) is 0 Å². The monoisotopic (exact) mass is 340 g/mol. The molecule has 1 unspecified atom stereocenters. The highest BCUT2D eigenvalue weighted by molar-refractivity contribution is 5.74. The van der Waals surface area contributed by atoms with Crippen molar-refractivity contribution in [2.45, 2.75) is 38.3 Å². The molecule has 1 atom stereocenters. The fourth-order valence-electron chi connectivity index (χ4n) is 3.23. The second-order valence-corrected chi connectivity index (χ2v) is 6.20. The van der Waals surface area contributed by atoms with E-state index in [1.807, 2.05) is 29.2 Å². The number of nitrogens with one attached hydrogen (secondary N) is 1. The Morgan fingerprint density at radius 2 is 2.08 bits per heavy atom. The Balaban J connectivity index is 1.69. The van der Waals surface area contributed by atoms with E-state index < -0.39 is 0 Å². The average Bonchev–Trinajstić information content (AvgIpc) is 2.93. The van der Waals surface area contributed by atoms with E-state index in [0.717, 1.165) is 43.4 Å². The lowest BCUT2D eigenvalue weighted by molar-refractivity contribution is 0.175. The van der Waals surface area contributed by atoms with E-state index in [4.69, 9.17) is 4.74 Å². The Hall–Kier alpha value is -2.63. The van der Waals surface area contributed by atoms with Crippen molar-refractivity contribution in [3.63, 3.8) is 0 Å². The number of hydrogen-bond donors (Lipinski definition) is 1. The first-order valence-electron chi connectivity index (χ1n) is 8.71. The van der Waals surface area contributed by atoms with Gasteiger partial charge in [-0.25, -0.2) is 9.78 Å². The number of carbonyl (C=O) groups is 1. The first-order chi connectivity index (χ1) is 12.3. The summed E-state index contributed by atoms with van der Waals surface area (Å²) >= 11 is 0. The number of carbonyl (C=O) groups excluding carboxylic acids is 1. The van der Waals surface area contributed by atoms with E-state index >= 15 is 0 Å². The highest BCUT2D eigenvalue weighted by atomic mass is 16.5. The van der Waals surface area contributed by atoms with Gasteiger partial charge < -0.3 is 15.0 Å². The number of likely N-dealkylation sites (tertiary alicyclic amines) is 1. The van der Waals surface area contributed by atoms with Crippen molar-refractivity contribution in [1.29, 1.82) is 0 Å². The van der Waals surface area contributed by atoms with E-state index in [1.165, 1.54) is 0 Å². The lowest BCUT2D eigenvalue weighted by Gasteiger charge is -2.30. The minimum atomic E-state index is -0.0282. The number of pyridine rings is 2. The molecule has 1 aliphatic heterocycles. The van der Waals surface area contributed by atoms with Gasteiger partial charge in [-0.1, -0.05) is 12.8 Å². The average molecular weight is 340 g/mol. The van der Waals surface area contributed by atoms with Gasteiger partial charge in [0.05, 0.1) is 13.2 Å². The zero-order valence-electron chi connectivity index (χ0n) is 14.5. The molecular formula is C19H24N4O2. The number of ether oxygens (including phenoxy) is 1. The van der Waals surface area contributed by atoms with Crippen LogP contribution in [0.5, 0.6) is 5.88 Å². The van der Waals surface area contributed by atoms with Crippen LogP contribution in [-0.4, -0.2) is 34.6 Å². The third-order valence-electron chi connectivity index (χ3n) is 4.56. The van der Waals surface area contributed by atoms with E-state index in [-0.39, 0.29) is 12.1 Å². The summed E-state index contributed by atoms with van der Waals surface area (Å²) in [4.78, 5) is 23.0. The summed E-state index contributed by atoms with van der Waals surface area (Å²) in [5, 5.41) is 3.04. The minimum absolute atomic E-state index is 0.0282. The van der Waals surface area contributed by atoms with Gasteiger partial charge in [-0.2, -0.15) is 0 Å². The lowest BCUT2D eigenvalue weighted by Crippen LogP contribution is -2.41. The number of rotatable bonds is 4. The third kappa shape index (κ3) is 4.47. The molecule has 1 aliphatic rings. The lowest BCUT2D eigenvalue weighted by atomic mass is 10.0. The van der Waals surface area contributed by atoms with Crippen LogP contribution < -0.4 is 10.1 Å². The van der Waals surface area contributed by atoms with Gasteiger partial charge >= 0.3 is 6.03 Å². The Morgan fingerprint density at radius 3 is 2.88 bits per heavy atom.